The lowest BCUT2D eigenvalue weighted by atomic mass is 10.1. The zero-order chi connectivity index (χ0) is 9.84. The summed E-state index contributed by atoms with van der Waals surface area (Å²) in [6.45, 7) is 0.538. The van der Waals surface area contributed by atoms with E-state index in [4.69, 9.17) is 11.5 Å². The van der Waals surface area contributed by atoms with E-state index in [0.717, 1.165) is 5.56 Å². The van der Waals surface area contributed by atoms with Gasteiger partial charge in [-0.1, -0.05) is 6.07 Å². The van der Waals surface area contributed by atoms with Crippen LogP contribution < -0.4 is 11.5 Å². The molecule has 0 amide bonds. The van der Waals surface area contributed by atoms with Gasteiger partial charge in [-0.2, -0.15) is 0 Å². The van der Waals surface area contributed by atoms with Gasteiger partial charge in [0.1, 0.15) is 5.82 Å². The van der Waals surface area contributed by atoms with Crippen LogP contribution in [-0.2, 0) is 0 Å². The molecule has 0 saturated carbocycles. The number of halogens is 2. The second-order valence-corrected chi connectivity index (χ2v) is 3.71. The molecule has 1 unspecified atom stereocenters. The summed E-state index contributed by atoms with van der Waals surface area (Å²) in [6, 6.07) is 4.66. The third-order valence-electron chi connectivity index (χ3n) is 1.85. The molecule has 0 aliphatic heterocycles. The molecule has 0 aliphatic rings. The first kappa shape index (κ1) is 10.6. The third kappa shape index (κ3) is 2.76. The average molecular weight is 247 g/mol. The predicted octanol–water partition coefficient (Wildman–Crippen LogP) is 1.94. The summed E-state index contributed by atoms with van der Waals surface area (Å²) in [7, 11) is 0. The number of hydrogen-bond donors (Lipinski definition) is 2. The van der Waals surface area contributed by atoms with Crippen LogP contribution in [0.5, 0.6) is 0 Å². The van der Waals surface area contributed by atoms with Crippen molar-refractivity contribution in [2.24, 2.45) is 11.5 Å². The van der Waals surface area contributed by atoms with Gasteiger partial charge in [0.15, 0.2) is 0 Å². The Morgan fingerprint density at radius 1 is 1.46 bits per heavy atom. The number of benzene rings is 1. The SMILES string of the molecule is NCCC(N)c1ccc(F)c(Br)c1. The minimum atomic E-state index is -0.274. The summed E-state index contributed by atoms with van der Waals surface area (Å²) < 4.78 is 13.3. The Morgan fingerprint density at radius 3 is 2.69 bits per heavy atom. The average Bonchev–Trinajstić information content (AvgIpc) is 2.10. The van der Waals surface area contributed by atoms with E-state index in [-0.39, 0.29) is 11.9 Å². The first-order valence-electron chi connectivity index (χ1n) is 4.05. The van der Waals surface area contributed by atoms with Crippen molar-refractivity contribution in [2.45, 2.75) is 12.5 Å². The first-order chi connectivity index (χ1) is 6.15. The molecule has 0 fully saturated rings. The zero-order valence-electron chi connectivity index (χ0n) is 7.13. The Kier molecular flexibility index (Phi) is 3.84. The van der Waals surface area contributed by atoms with Crippen LogP contribution >= 0.6 is 15.9 Å². The van der Waals surface area contributed by atoms with Gasteiger partial charge in [0.2, 0.25) is 0 Å². The topological polar surface area (TPSA) is 52.0 Å². The van der Waals surface area contributed by atoms with Crippen molar-refractivity contribution >= 4 is 15.9 Å². The van der Waals surface area contributed by atoms with Crippen LogP contribution in [0.25, 0.3) is 0 Å². The minimum Gasteiger partial charge on any atom is -0.330 e. The molecule has 4 heteroatoms. The zero-order valence-corrected chi connectivity index (χ0v) is 8.72. The van der Waals surface area contributed by atoms with E-state index >= 15 is 0 Å². The maximum atomic E-state index is 12.8. The Hall–Kier alpha value is -0.450. The Bertz CT molecular complexity index is 291. The summed E-state index contributed by atoms with van der Waals surface area (Å²) in [4.78, 5) is 0. The molecule has 13 heavy (non-hydrogen) atoms. The molecule has 1 aromatic rings. The van der Waals surface area contributed by atoms with Crippen LogP contribution in [0.3, 0.4) is 0 Å². The van der Waals surface area contributed by atoms with Gasteiger partial charge < -0.3 is 11.5 Å². The van der Waals surface area contributed by atoms with Gasteiger partial charge in [-0.25, -0.2) is 4.39 Å². The van der Waals surface area contributed by atoms with Crippen molar-refractivity contribution in [2.75, 3.05) is 6.54 Å². The molecule has 0 spiro atoms. The van der Waals surface area contributed by atoms with Crippen LogP contribution in [0.15, 0.2) is 22.7 Å². The predicted molar refractivity (Wildman–Crippen MR) is 54.7 cm³/mol. The molecule has 0 aromatic heterocycles. The molecule has 0 heterocycles. The molecule has 1 aromatic carbocycles. The molecule has 0 saturated heterocycles. The molecule has 1 rings (SSSR count). The summed E-state index contributed by atoms with van der Waals surface area (Å²) in [5, 5.41) is 0. The van der Waals surface area contributed by atoms with Crippen molar-refractivity contribution < 1.29 is 4.39 Å². The van der Waals surface area contributed by atoms with Crippen LogP contribution in [0.1, 0.15) is 18.0 Å². The fraction of sp³-hybridized carbons (Fsp3) is 0.333. The molecule has 2 nitrogen and oxygen atoms in total. The summed E-state index contributed by atoms with van der Waals surface area (Å²) >= 11 is 3.10. The Balaban J connectivity index is 2.84. The van der Waals surface area contributed by atoms with Crippen LogP contribution in [0.4, 0.5) is 4.39 Å². The number of rotatable bonds is 3. The summed E-state index contributed by atoms with van der Waals surface area (Å²) in [6.07, 6.45) is 0.706. The van der Waals surface area contributed by atoms with Crippen molar-refractivity contribution in [3.8, 4) is 0 Å². The molecule has 0 radical (unpaired) electrons. The van der Waals surface area contributed by atoms with Gasteiger partial charge in [-0.3, -0.25) is 0 Å². The monoisotopic (exact) mass is 246 g/mol. The standard InChI is InChI=1S/C9H12BrFN2/c10-7-5-6(1-2-8(7)11)9(13)3-4-12/h1-2,5,9H,3-4,12-13H2. The maximum Gasteiger partial charge on any atom is 0.137 e. The van der Waals surface area contributed by atoms with Crippen LogP contribution in [0.2, 0.25) is 0 Å². The highest BCUT2D eigenvalue weighted by Gasteiger charge is 2.07. The molecule has 0 bridgehead atoms. The number of hydrogen-bond acceptors (Lipinski definition) is 2. The van der Waals surface area contributed by atoms with Gasteiger partial charge in [0, 0.05) is 6.04 Å². The smallest absolute Gasteiger partial charge is 0.137 e. The molecule has 1 atom stereocenters. The van der Waals surface area contributed by atoms with Crippen molar-refractivity contribution in [3.05, 3.63) is 34.1 Å². The largest absolute Gasteiger partial charge is 0.330 e. The van der Waals surface area contributed by atoms with E-state index < -0.39 is 0 Å². The maximum absolute atomic E-state index is 12.8. The quantitative estimate of drug-likeness (QED) is 0.857. The highest BCUT2D eigenvalue weighted by atomic mass is 79.9. The molecule has 72 valence electrons. The molecular formula is C9H12BrFN2. The Morgan fingerprint density at radius 2 is 2.15 bits per heavy atom. The lowest BCUT2D eigenvalue weighted by Crippen LogP contribution is -2.15. The number of nitrogens with two attached hydrogens (primary N) is 2. The van der Waals surface area contributed by atoms with E-state index in [0.29, 0.717) is 17.4 Å². The lowest BCUT2D eigenvalue weighted by Gasteiger charge is -2.10. The van der Waals surface area contributed by atoms with Crippen molar-refractivity contribution in [1.82, 2.24) is 0 Å². The van der Waals surface area contributed by atoms with Gasteiger partial charge in [-0.05, 0) is 46.6 Å². The second-order valence-electron chi connectivity index (χ2n) is 2.86. The highest BCUT2D eigenvalue weighted by molar-refractivity contribution is 9.10. The van der Waals surface area contributed by atoms with E-state index in [1.54, 1.807) is 12.1 Å². The summed E-state index contributed by atoms with van der Waals surface area (Å²) in [5.74, 6) is -0.274. The third-order valence-corrected chi connectivity index (χ3v) is 2.46. The van der Waals surface area contributed by atoms with Gasteiger partial charge in [0.25, 0.3) is 0 Å². The van der Waals surface area contributed by atoms with Crippen LogP contribution in [-0.4, -0.2) is 6.54 Å². The lowest BCUT2D eigenvalue weighted by molar-refractivity contribution is 0.614. The van der Waals surface area contributed by atoms with E-state index in [1.165, 1.54) is 6.07 Å². The Labute approximate surface area is 85.2 Å². The van der Waals surface area contributed by atoms with Crippen LogP contribution in [0, 0.1) is 5.82 Å². The van der Waals surface area contributed by atoms with Gasteiger partial charge in [0.05, 0.1) is 4.47 Å². The first-order valence-corrected chi connectivity index (χ1v) is 4.85. The van der Waals surface area contributed by atoms with Crippen molar-refractivity contribution in [3.63, 3.8) is 0 Å². The van der Waals surface area contributed by atoms with Gasteiger partial charge in [-0.15, -0.1) is 0 Å². The van der Waals surface area contributed by atoms with E-state index in [2.05, 4.69) is 15.9 Å². The molecular weight excluding hydrogens is 235 g/mol. The minimum absolute atomic E-state index is 0.109. The summed E-state index contributed by atoms with van der Waals surface area (Å²) in [5.41, 5.74) is 12.1. The molecule has 4 N–H and O–H groups in total. The normalized spacial score (nSPS) is 12.9. The van der Waals surface area contributed by atoms with E-state index in [1.807, 2.05) is 0 Å². The fourth-order valence-electron chi connectivity index (χ4n) is 1.09. The van der Waals surface area contributed by atoms with Crippen molar-refractivity contribution in [1.29, 1.82) is 0 Å². The highest BCUT2D eigenvalue weighted by Crippen LogP contribution is 2.21. The van der Waals surface area contributed by atoms with E-state index in [9.17, 15) is 4.39 Å². The second kappa shape index (κ2) is 4.69. The fourth-order valence-corrected chi connectivity index (χ4v) is 1.49. The van der Waals surface area contributed by atoms with Gasteiger partial charge >= 0.3 is 0 Å². The molecule has 0 aliphatic carbocycles.